The van der Waals surface area contributed by atoms with Crippen molar-refractivity contribution in [3.63, 3.8) is 0 Å². The Balaban J connectivity index is 0. The van der Waals surface area contributed by atoms with E-state index in [-0.39, 0.29) is 2.85 Å². The highest BCUT2D eigenvalue weighted by atomic mass is 16.5. The van der Waals surface area contributed by atoms with Crippen LogP contribution in [0.3, 0.4) is 0 Å². The lowest BCUT2D eigenvalue weighted by Gasteiger charge is -2.21. The molecule has 0 aliphatic carbocycles. The lowest BCUT2D eigenvalue weighted by Crippen LogP contribution is -2.20. The van der Waals surface area contributed by atoms with Gasteiger partial charge in [-0.2, -0.15) is 0 Å². The van der Waals surface area contributed by atoms with Gasteiger partial charge in [0, 0.05) is 29.3 Å². The third kappa shape index (κ3) is 8.90. The molecule has 4 nitrogen and oxygen atoms in total. The summed E-state index contributed by atoms with van der Waals surface area (Å²) in [7, 11) is 4.03. The smallest absolute Gasteiger partial charge is 0.0468 e. The molecule has 0 amide bonds. The molecular weight excluding hydrogens is 252 g/mol. The van der Waals surface area contributed by atoms with E-state index in [0.29, 0.717) is 0 Å². The fourth-order valence-electron chi connectivity index (χ4n) is 2.77. The van der Waals surface area contributed by atoms with Crippen molar-refractivity contribution in [2.75, 3.05) is 53.6 Å². The fraction of sp³-hybridized carbons (Fsp3) is 1.00. The second-order valence-electron chi connectivity index (χ2n) is 5.90. The first kappa shape index (κ1) is 17.9. The van der Waals surface area contributed by atoms with Crippen LogP contribution < -0.4 is 10.6 Å². The van der Waals surface area contributed by atoms with Crippen molar-refractivity contribution in [3.8, 4) is 0 Å². The van der Waals surface area contributed by atoms with Gasteiger partial charge in [0.05, 0.1) is 0 Å². The average Bonchev–Trinajstić information content (AvgIpc) is 2.53. The van der Waals surface area contributed by atoms with E-state index in [1.807, 2.05) is 14.1 Å². The molecule has 0 aromatic rings. The first-order valence-electron chi connectivity index (χ1n) is 8.31. The van der Waals surface area contributed by atoms with Crippen molar-refractivity contribution < 1.29 is 12.3 Å². The zero-order chi connectivity index (χ0) is 14.5. The molecule has 0 aromatic heterocycles. The van der Waals surface area contributed by atoms with E-state index < -0.39 is 0 Å². The van der Waals surface area contributed by atoms with E-state index in [4.69, 9.17) is 9.47 Å². The second kappa shape index (κ2) is 12.6. The molecular formula is C16H38N2O2. The van der Waals surface area contributed by atoms with Gasteiger partial charge in [0.2, 0.25) is 0 Å². The molecule has 2 fully saturated rings. The zero-order valence-electron chi connectivity index (χ0n) is 13.5. The minimum absolute atomic E-state index is 0. The van der Waals surface area contributed by atoms with Crippen LogP contribution >= 0.6 is 0 Å². The number of ether oxygens (including phenoxy) is 2. The first-order chi connectivity index (χ1) is 9.86. The highest BCUT2D eigenvalue weighted by Gasteiger charge is 2.12. The van der Waals surface area contributed by atoms with E-state index in [2.05, 4.69) is 10.6 Å². The number of hydrogen-bond donors (Lipinski definition) is 2. The summed E-state index contributed by atoms with van der Waals surface area (Å²) in [6.07, 6.45) is 7.70. The van der Waals surface area contributed by atoms with Gasteiger partial charge in [-0.15, -0.1) is 0 Å². The first-order valence-corrected chi connectivity index (χ1v) is 8.31. The molecule has 0 unspecified atom stereocenters. The van der Waals surface area contributed by atoms with Crippen molar-refractivity contribution in [2.45, 2.75) is 38.5 Å². The predicted octanol–water partition coefficient (Wildman–Crippen LogP) is 2.54. The van der Waals surface area contributed by atoms with E-state index in [1.54, 1.807) is 0 Å². The molecule has 0 radical (unpaired) electrons. The van der Waals surface area contributed by atoms with Gasteiger partial charge in [-0.3, -0.25) is 0 Å². The van der Waals surface area contributed by atoms with Crippen molar-refractivity contribution in [3.05, 3.63) is 0 Å². The molecule has 124 valence electrons. The van der Waals surface area contributed by atoms with Gasteiger partial charge >= 0.3 is 0 Å². The Hall–Kier alpha value is -0.160. The molecule has 0 spiro atoms. The molecule has 0 atom stereocenters. The number of rotatable bonds is 6. The van der Waals surface area contributed by atoms with Crippen molar-refractivity contribution in [1.82, 2.24) is 10.6 Å². The predicted molar refractivity (Wildman–Crippen MR) is 88.4 cm³/mol. The number of nitrogens with one attached hydrogen (secondary N) is 2. The van der Waals surface area contributed by atoms with Crippen LogP contribution in [0.15, 0.2) is 0 Å². The van der Waals surface area contributed by atoms with Crippen LogP contribution in [-0.2, 0) is 9.47 Å². The molecule has 2 aliphatic heterocycles. The molecule has 0 saturated carbocycles. The van der Waals surface area contributed by atoms with Crippen LogP contribution in [0.2, 0.25) is 0 Å². The van der Waals surface area contributed by atoms with Gasteiger partial charge in [0.15, 0.2) is 0 Å². The second-order valence-corrected chi connectivity index (χ2v) is 5.90. The maximum Gasteiger partial charge on any atom is 0.0468 e. The minimum Gasteiger partial charge on any atom is -0.381 e. The van der Waals surface area contributed by atoms with Crippen LogP contribution in [0.4, 0.5) is 0 Å². The molecule has 2 rings (SSSR count). The maximum atomic E-state index is 5.26. The highest BCUT2D eigenvalue weighted by Crippen LogP contribution is 2.17. The molecule has 2 N–H and O–H groups in total. The average molecular weight is 290 g/mol. The molecule has 2 saturated heterocycles. The summed E-state index contributed by atoms with van der Waals surface area (Å²) in [4.78, 5) is 0. The summed E-state index contributed by atoms with van der Waals surface area (Å²) in [5, 5.41) is 6.35. The van der Waals surface area contributed by atoms with Gasteiger partial charge in [-0.25, -0.2) is 0 Å². The maximum absolute atomic E-state index is 5.26. The Morgan fingerprint density at radius 2 is 1.10 bits per heavy atom. The summed E-state index contributed by atoms with van der Waals surface area (Å²) in [6, 6.07) is 0. The van der Waals surface area contributed by atoms with Gasteiger partial charge in [0.25, 0.3) is 0 Å². The lowest BCUT2D eigenvalue weighted by atomic mass is 9.97. The lowest BCUT2D eigenvalue weighted by molar-refractivity contribution is 0.0640. The zero-order valence-corrected chi connectivity index (χ0v) is 13.5. The van der Waals surface area contributed by atoms with Crippen LogP contribution in [0.1, 0.15) is 41.4 Å². The largest absolute Gasteiger partial charge is 0.381 e. The fourth-order valence-corrected chi connectivity index (χ4v) is 2.77. The normalized spacial score (nSPS) is 21.3. The third-order valence-electron chi connectivity index (χ3n) is 4.29. The Morgan fingerprint density at radius 3 is 1.40 bits per heavy atom. The Labute approximate surface area is 128 Å². The molecule has 0 aromatic carbocycles. The van der Waals surface area contributed by atoms with Crippen LogP contribution in [0, 0.1) is 11.8 Å². The van der Waals surface area contributed by atoms with Gasteiger partial charge in [-0.1, -0.05) is 0 Å². The summed E-state index contributed by atoms with van der Waals surface area (Å²) in [5.74, 6) is 1.84. The molecule has 0 bridgehead atoms. The molecule has 2 heterocycles. The molecule has 20 heavy (non-hydrogen) atoms. The van der Waals surface area contributed by atoms with Crippen LogP contribution in [0.5, 0.6) is 0 Å². The molecule has 2 aliphatic rings. The van der Waals surface area contributed by atoms with Gasteiger partial charge in [-0.05, 0) is 77.5 Å². The van der Waals surface area contributed by atoms with Crippen LogP contribution in [-0.4, -0.2) is 53.6 Å². The minimum atomic E-state index is 0. The van der Waals surface area contributed by atoms with Crippen LogP contribution in [0.25, 0.3) is 0 Å². The summed E-state index contributed by atoms with van der Waals surface area (Å²) >= 11 is 0. The van der Waals surface area contributed by atoms with E-state index in [9.17, 15) is 0 Å². The van der Waals surface area contributed by atoms with E-state index in [0.717, 1.165) is 51.4 Å². The summed E-state index contributed by atoms with van der Waals surface area (Å²) < 4.78 is 10.5. The monoisotopic (exact) mass is 290 g/mol. The summed E-state index contributed by atoms with van der Waals surface area (Å²) in [5.41, 5.74) is 0. The summed E-state index contributed by atoms with van der Waals surface area (Å²) in [6.45, 7) is 6.24. The van der Waals surface area contributed by atoms with Gasteiger partial charge in [0.1, 0.15) is 0 Å². The quantitative estimate of drug-likeness (QED) is 0.789. The van der Waals surface area contributed by atoms with E-state index >= 15 is 0 Å². The Morgan fingerprint density at radius 1 is 0.750 bits per heavy atom. The van der Waals surface area contributed by atoms with Gasteiger partial charge < -0.3 is 20.1 Å². The van der Waals surface area contributed by atoms with Crippen molar-refractivity contribution in [2.24, 2.45) is 11.8 Å². The third-order valence-corrected chi connectivity index (χ3v) is 4.29. The Kier molecular flexibility index (Phi) is 11.2. The van der Waals surface area contributed by atoms with Crippen molar-refractivity contribution >= 4 is 0 Å². The molecule has 4 heteroatoms. The van der Waals surface area contributed by atoms with Crippen molar-refractivity contribution in [1.29, 1.82) is 0 Å². The highest BCUT2D eigenvalue weighted by molar-refractivity contribution is 4.64. The SMILES string of the molecule is CNCCC1CCOCC1.CNCCC1CCOCC1.[HH].[HH]. The topological polar surface area (TPSA) is 42.5 Å². The van der Waals surface area contributed by atoms with E-state index in [1.165, 1.54) is 38.5 Å². The Bertz CT molecular complexity index is 190. The number of hydrogen-bond acceptors (Lipinski definition) is 4. The standard InChI is InChI=1S/2C8H17NO.2H2/c2*1-9-5-2-8-3-6-10-7-4-8;;/h2*8-9H,2-7H2,1H3;2*1H.